The highest BCUT2D eigenvalue weighted by Gasteiger charge is 2.18. The van der Waals surface area contributed by atoms with Crippen LogP contribution in [0.2, 0.25) is 0 Å². The first-order chi connectivity index (χ1) is 12.5. The number of nitrogens with zero attached hydrogens (tertiary/aromatic N) is 3. The number of thioether (sulfide) groups is 1. The summed E-state index contributed by atoms with van der Waals surface area (Å²) in [6.45, 7) is 2.48. The molecule has 0 saturated carbocycles. The number of aliphatic hydroxyl groups is 2. The van der Waals surface area contributed by atoms with Crippen LogP contribution in [0.5, 0.6) is 0 Å². The molecule has 0 aliphatic heterocycles. The summed E-state index contributed by atoms with van der Waals surface area (Å²) in [5.74, 6) is 0.266. The molecule has 2 rings (SSSR count). The Labute approximate surface area is 156 Å². The van der Waals surface area contributed by atoms with Gasteiger partial charge in [0.15, 0.2) is 16.3 Å². The van der Waals surface area contributed by atoms with Crippen LogP contribution in [0.3, 0.4) is 0 Å². The maximum atomic E-state index is 12.3. The van der Waals surface area contributed by atoms with Gasteiger partial charge in [0.05, 0.1) is 12.7 Å². The standard InChI is InChI=1S/C17H28N4O4S/c1-3-4-5-6-7-8-9-21-13-14(20(2)16(25)19-15(13)24)18-17(21)26-11-12(23)10-22/h12,22-23H,3-11H2,1-2H3,(H,19,24,25)/t12-/m1/s1. The quantitative estimate of drug-likeness (QED) is 0.397. The van der Waals surface area contributed by atoms with Gasteiger partial charge in [0.1, 0.15) is 0 Å². The smallest absolute Gasteiger partial charge is 0.329 e. The molecule has 0 bridgehead atoms. The first kappa shape index (κ1) is 20.7. The van der Waals surface area contributed by atoms with Crippen molar-refractivity contribution in [3.8, 4) is 0 Å². The van der Waals surface area contributed by atoms with Crippen LogP contribution < -0.4 is 11.2 Å². The molecule has 0 aromatic carbocycles. The average molecular weight is 385 g/mol. The predicted molar refractivity (Wildman–Crippen MR) is 103 cm³/mol. The van der Waals surface area contributed by atoms with Crippen LogP contribution in [0.25, 0.3) is 11.2 Å². The molecular weight excluding hydrogens is 356 g/mol. The van der Waals surface area contributed by atoms with Gasteiger partial charge in [-0.05, 0) is 6.42 Å². The number of aryl methyl sites for hydroxylation is 2. The summed E-state index contributed by atoms with van der Waals surface area (Å²) in [4.78, 5) is 30.9. The summed E-state index contributed by atoms with van der Waals surface area (Å²) >= 11 is 1.27. The number of hydrogen-bond donors (Lipinski definition) is 3. The van der Waals surface area contributed by atoms with Crippen LogP contribution >= 0.6 is 11.8 Å². The third-order valence-corrected chi connectivity index (χ3v) is 5.44. The van der Waals surface area contributed by atoms with Gasteiger partial charge in [0.2, 0.25) is 0 Å². The maximum Gasteiger partial charge on any atom is 0.329 e. The number of unbranched alkanes of at least 4 members (excludes halogenated alkanes) is 5. The summed E-state index contributed by atoms with van der Waals surface area (Å²) in [6.07, 6.45) is 5.91. The van der Waals surface area contributed by atoms with Gasteiger partial charge in [-0.25, -0.2) is 9.78 Å². The highest BCUT2D eigenvalue weighted by atomic mass is 32.2. The Morgan fingerprint density at radius 1 is 1.19 bits per heavy atom. The Morgan fingerprint density at radius 2 is 1.88 bits per heavy atom. The topological polar surface area (TPSA) is 113 Å². The molecule has 0 aliphatic rings. The molecule has 0 fully saturated rings. The Hall–Kier alpha value is -1.58. The summed E-state index contributed by atoms with van der Waals surface area (Å²) in [7, 11) is 1.57. The van der Waals surface area contributed by atoms with Crippen molar-refractivity contribution in [2.24, 2.45) is 7.05 Å². The number of fused-ring (bicyclic) bond motifs is 1. The number of rotatable bonds is 11. The van der Waals surface area contributed by atoms with Gasteiger partial charge in [0.25, 0.3) is 5.56 Å². The minimum Gasteiger partial charge on any atom is -0.394 e. The molecule has 2 aromatic heterocycles. The molecule has 0 amide bonds. The van der Waals surface area contributed by atoms with Crippen LogP contribution in [0, 0.1) is 0 Å². The zero-order valence-corrected chi connectivity index (χ0v) is 16.2. The SMILES string of the molecule is CCCCCCCCn1c(SC[C@H](O)CO)nc2c1c(=O)[nH]c(=O)n2C. The second kappa shape index (κ2) is 9.94. The average Bonchev–Trinajstić information content (AvgIpc) is 2.99. The molecule has 0 aliphatic carbocycles. The van der Waals surface area contributed by atoms with E-state index in [0.717, 1.165) is 19.3 Å². The van der Waals surface area contributed by atoms with Crippen LogP contribution in [0.1, 0.15) is 45.4 Å². The van der Waals surface area contributed by atoms with E-state index in [0.29, 0.717) is 22.9 Å². The fourth-order valence-electron chi connectivity index (χ4n) is 2.81. The number of nitrogens with one attached hydrogen (secondary N) is 1. The molecule has 0 saturated heterocycles. The van der Waals surface area contributed by atoms with Gasteiger partial charge in [0, 0.05) is 19.3 Å². The van der Waals surface area contributed by atoms with Crippen molar-refractivity contribution in [3.05, 3.63) is 20.8 Å². The van der Waals surface area contributed by atoms with Gasteiger partial charge < -0.3 is 14.8 Å². The van der Waals surface area contributed by atoms with Crippen LogP contribution in [-0.4, -0.2) is 47.8 Å². The predicted octanol–water partition coefficient (Wildman–Crippen LogP) is 1.23. The van der Waals surface area contributed by atoms with Gasteiger partial charge in [-0.1, -0.05) is 50.8 Å². The fraction of sp³-hybridized carbons (Fsp3) is 0.706. The first-order valence-electron chi connectivity index (χ1n) is 9.10. The Morgan fingerprint density at radius 3 is 2.58 bits per heavy atom. The molecule has 26 heavy (non-hydrogen) atoms. The van der Waals surface area contributed by atoms with Crippen molar-refractivity contribution < 1.29 is 10.2 Å². The Balaban J connectivity index is 2.26. The number of aromatic nitrogens is 4. The minimum atomic E-state index is -0.857. The fourth-order valence-corrected chi connectivity index (χ4v) is 3.74. The molecular formula is C17H28N4O4S. The van der Waals surface area contributed by atoms with E-state index in [1.54, 1.807) is 7.05 Å². The monoisotopic (exact) mass is 384 g/mol. The van der Waals surface area contributed by atoms with Crippen molar-refractivity contribution in [2.75, 3.05) is 12.4 Å². The zero-order chi connectivity index (χ0) is 19.1. The Kier molecular flexibility index (Phi) is 7.92. The van der Waals surface area contributed by atoms with Gasteiger partial charge >= 0.3 is 5.69 Å². The van der Waals surface area contributed by atoms with Crippen molar-refractivity contribution in [3.63, 3.8) is 0 Å². The lowest BCUT2D eigenvalue weighted by atomic mass is 10.1. The zero-order valence-electron chi connectivity index (χ0n) is 15.4. The molecule has 0 unspecified atom stereocenters. The number of imidazole rings is 1. The molecule has 1 atom stereocenters. The second-order valence-corrected chi connectivity index (χ2v) is 7.44. The highest BCUT2D eigenvalue weighted by molar-refractivity contribution is 7.99. The van der Waals surface area contributed by atoms with E-state index in [1.165, 1.54) is 35.6 Å². The highest BCUT2D eigenvalue weighted by Crippen LogP contribution is 2.23. The largest absolute Gasteiger partial charge is 0.394 e. The minimum absolute atomic E-state index is 0.266. The third kappa shape index (κ3) is 4.99. The lowest BCUT2D eigenvalue weighted by Crippen LogP contribution is -2.29. The number of aromatic amines is 1. The van der Waals surface area contributed by atoms with Crippen molar-refractivity contribution in [2.45, 2.75) is 63.3 Å². The van der Waals surface area contributed by atoms with Gasteiger partial charge in [-0.3, -0.25) is 14.3 Å². The molecule has 3 N–H and O–H groups in total. The van der Waals surface area contributed by atoms with Crippen molar-refractivity contribution >= 4 is 22.9 Å². The molecule has 2 aromatic rings. The lowest BCUT2D eigenvalue weighted by Gasteiger charge is -2.10. The number of hydrogen-bond acceptors (Lipinski definition) is 6. The Bertz CT molecular complexity index is 827. The normalized spacial score (nSPS) is 12.8. The number of H-pyrrole nitrogens is 1. The maximum absolute atomic E-state index is 12.3. The van der Waals surface area contributed by atoms with Crippen molar-refractivity contribution in [1.29, 1.82) is 0 Å². The third-order valence-electron chi connectivity index (χ3n) is 4.32. The first-order valence-corrected chi connectivity index (χ1v) is 10.1. The summed E-state index contributed by atoms with van der Waals surface area (Å²) < 4.78 is 3.14. The summed E-state index contributed by atoms with van der Waals surface area (Å²) in [5, 5.41) is 19.2. The van der Waals surface area contributed by atoms with E-state index in [2.05, 4.69) is 16.9 Å². The van der Waals surface area contributed by atoms with Crippen LogP contribution in [-0.2, 0) is 13.6 Å². The molecule has 8 nitrogen and oxygen atoms in total. The molecule has 0 radical (unpaired) electrons. The molecule has 9 heteroatoms. The summed E-state index contributed by atoms with van der Waals surface area (Å²) in [5.41, 5.74) is -0.234. The van der Waals surface area contributed by atoms with E-state index in [9.17, 15) is 14.7 Å². The summed E-state index contributed by atoms with van der Waals surface area (Å²) in [6, 6.07) is 0. The van der Waals surface area contributed by atoms with E-state index in [1.807, 2.05) is 4.57 Å². The number of aliphatic hydroxyl groups excluding tert-OH is 2. The lowest BCUT2D eigenvalue weighted by molar-refractivity contribution is 0.113. The van der Waals surface area contributed by atoms with Gasteiger partial charge in [-0.15, -0.1) is 0 Å². The second-order valence-electron chi connectivity index (χ2n) is 6.45. The van der Waals surface area contributed by atoms with Crippen LogP contribution in [0.15, 0.2) is 14.7 Å². The van der Waals surface area contributed by atoms with Crippen LogP contribution in [0.4, 0.5) is 0 Å². The van der Waals surface area contributed by atoms with E-state index in [4.69, 9.17) is 5.11 Å². The van der Waals surface area contributed by atoms with Gasteiger partial charge in [-0.2, -0.15) is 0 Å². The van der Waals surface area contributed by atoms with E-state index in [-0.39, 0.29) is 12.4 Å². The molecule has 0 spiro atoms. The molecule has 146 valence electrons. The van der Waals surface area contributed by atoms with E-state index >= 15 is 0 Å². The van der Waals surface area contributed by atoms with E-state index < -0.39 is 17.4 Å². The molecule has 2 heterocycles. The van der Waals surface area contributed by atoms with Crippen molar-refractivity contribution in [1.82, 2.24) is 19.1 Å².